The number of aromatic nitrogens is 3. The monoisotopic (exact) mass is 640 g/mol. The number of nitrogens with one attached hydrogen (secondary N) is 1. The summed E-state index contributed by atoms with van der Waals surface area (Å²) in [5.74, 6) is 0.255. The molecule has 4 saturated heterocycles. The van der Waals surface area contributed by atoms with E-state index in [0.29, 0.717) is 69.5 Å². The van der Waals surface area contributed by atoms with Crippen molar-refractivity contribution in [1.82, 2.24) is 29.5 Å². The van der Waals surface area contributed by atoms with E-state index in [4.69, 9.17) is 20.4 Å². The molecule has 1 aromatic carbocycles. The van der Waals surface area contributed by atoms with Crippen molar-refractivity contribution in [2.24, 2.45) is 0 Å². The van der Waals surface area contributed by atoms with E-state index in [9.17, 15) is 13.3 Å². The van der Waals surface area contributed by atoms with Gasteiger partial charge in [0, 0.05) is 43.7 Å². The molecule has 0 amide bonds. The van der Waals surface area contributed by atoms with Gasteiger partial charge in [-0.25, -0.2) is 13.8 Å². The Balaban J connectivity index is 1.17. The highest BCUT2D eigenvalue weighted by Crippen LogP contribution is 2.48. The molecule has 14 heteroatoms. The molecule has 3 unspecified atom stereocenters. The number of alkyl halides is 1. The Kier molecular flexibility index (Phi) is 6.33. The van der Waals surface area contributed by atoms with Crippen molar-refractivity contribution in [1.29, 1.82) is 0 Å². The standard InChI is InChI=1S/C30H34F2N8O2S2/c31-16-11-30(8-1-9-39(30)12-16)15-42-29-35-22-10-23(20-6-7-21(32)25-24(20)36-28(33)43-25)40(19-4-5-19)44(41)26(22)27(37-29)38-13-17-2-3-18(14-38)34-17/h6-7,10,16-19,34H,1-5,8-9,11-15H2,(H2,33,36)/t16-,17?,18?,30+,44?/m1/s1. The number of thiazole rings is 1. The molecule has 44 heavy (non-hydrogen) atoms. The molecule has 0 spiro atoms. The van der Waals surface area contributed by atoms with Crippen LogP contribution in [-0.2, 0) is 11.4 Å². The topological polar surface area (TPSA) is 119 Å². The molecule has 7 heterocycles. The van der Waals surface area contributed by atoms with Crippen LogP contribution in [0, 0.1) is 5.82 Å². The molecule has 5 aliphatic heterocycles. The zero-order valence-corrected chi connectivity index (χ0v) is 25.8. The Morgan fingerprint density at radius 1 is 1.14 bits per heavy atom. The van der Waals surface area contributed by atoms with E-state index in [1.54, 1.807) is 6.07 Å². The van der Waals surface area contributed by atoms with Crippen LogP contribution in [0.3, 0.4) is 0 Å². The van der Waals surface area contributed by atoms with Gasteiger partial charge in [-0.05, 0) is 63.3 Å². The van der Waals surface area contributed by atoms with Crippen LogP contribution in [0.15, 0.2) is 17.0 Å². The van der Waals surface area contributed by atoms with E-state index < -0.39 is 17.5 Å². The van der Waals surface area contributed by atoms with Gasteiger partial charge in [0.1, 0.15) is 35.7 Å². The fourth-order valence-electron chi connectivity index (χ4n) is 8.01. The van der Waals surface area contributed by atoms with Gasteiger partial charge in [0.2, 0.25) is 4.90 Å². The molecule has 3 N–H and O–H groups in total. The zero-order chi connectivity index (χ0) is 29.7. The fourth-order valence-corrected chi connectivity index (χ4v) is 10.4. The maximum Gasteiger partial charge on any atom is 0.319 e. The van der Waals surface area contributed by atoms with Gasteiger partial charge < -0.3 is 25.2 Å². The summed E-state index contributed by atoms with van der Waals surface area (Å²) in [6.45, 7) is 3.14. The van der Waals surface area contributed by atoms with Gasteiger partial charge in [0.25, 0.3) is 0 Å². The lowest BCUT2D eigenvalue weighted by Crippen LogP contribution is -2.52. The number of ether oxygens (including phenoxy) is 1. The molecule has 2 bridgehead atoms. The summed E-state index contributed by atoms with van der Waals surface area (Å²) >= 11 is -0.512. The SMILES string of the molecule is Nc1nc2c(C3=Cc4nc(OC[C@@]56CCCN5C[C@H](F)C6)nc(N5CC6CCC(C5)N6)c4[S+]([O-])N3C3CC3)ccc(F)c2s1. The van der Waals surface area contributed by atoms with Gasteiger partial charge in [0.05, 0.1) is 27.5 Å². The van der Waals surface area contributed by atoms with Gasteiger partial charge in [0.15, 0.2) is 10.9 Å². The highest BCUT2D eigenvalue weighted by molar-refractivity contribution is 7.89. The van der Waals surface area contributed by atoms with Gasteiger partial charge in [-0.3, -0.25) is 4.90 Å². The minimum atomic E-state index is -1.62. The lowest BCUT2D eigenvalue weighted by atomic mass is 9.95. The molecule has 2 aromatic heterocycles. The van der Waals surface area contributed by atoms with Crippen molar-refractivity contribution >= 4 is 55.6 Å². The second-order valence-electron chi connectivity index (χ2n) is 13.1. The molecule has 3 aromatic rings. The Hall–Kier alpha value is -2.78. The minimum Gasteiger partial charge on any atom is -0.588 e. The molecule has 6 aliphatic rings. The lowest BCUT2D eigenvalue weighted by Gasteiger charge is -2.37. The minimum absolute atomic E-state index is 0.0813. The summed E-state index contributed by atoms with van der Waals surface area (Å²) in [6, 6.07) is 4.10. The van der Waals surface area contributed by atoms with Crippen LogP contribution in [0.1, 0.15) is 56.2 Å². The molecule has 10 nitrogen and oxygen atoms in total. The predicted octanol–water partition coefficient (Wildman–Crippen LogP) is 3.70. The number of halogens is 2. The highest BCUT2D eigenvalue weighted by atomic mass is 32.2. The number of piperazine rings is 1. The number of benzene rings is 1. The molecule has 1 saturated carbocycles. The van der Waals surface area contributed by atoms with E-state index in [1.807, 2.05) is 10.4 Å². The van der Waals surface area contributed by atoms with E-state index in [2.05, 4.69) is 20.1 Å². The molecule has 5 atom stereocenters. The van der Waals surface area contributed by atoms with Gasteiger partial charge in [-0.2, -0.15) is 14.3 Å². The van der Waals surface area contributed by atoms with E-state index in [1.165, 1.54) is 6.07 Å². The van der Waals surface area contributed by atoms with E-state index in [0.717, 1.165) is 69.5 Å². The Morgan fingerprint density at radius 3 is 2.75 bits per heavy atom. The Morgan fingerprint density at radius 2 is 1.95 bits per heavy atom. The number of hydrogen-bond donors (Lipinski definition) is 2. The first-order valence-electron chi connectivity index (χ1n) is 15.6. The van der Waals surface area contributed by atoms with Crippen LogP contribution in [0.5, 0.6) is 6.01 Å². The van der Waals surface area contributed by atoms with E-state index in [-0.39, 0.29) is 28.5 Å². The summed E-state index contributed by atoms with van der Waals surface area (Å²) < 4.78 is 52.6. The second kappa shape index (κ2) is 10.1. The number of rotatable bonds is 6. The van der Waals surface area contributed by atoms with Crippen LogP contribution in [0.4, 0.5) is 19.7 Å². The third-order valence-electron chi connectivity index (χ3n) is 10.1. The van der Waals surface area contributed by atoms with Crippen molar-refractivity contribution in [3.63, 3.8) is 0 Å². The molecule has 1 aliphatic carbocycles. The summed E-state index contributed by atoms with van der Waals surface area (Å²) in [5, 5.41) is 3.95. The molecule has 9 rings (SSSR count). The number of anilines is 2. The highest BCUT2D eigenvalue weighted by Gasteiger charge is 2.50. The quantitative estimate of drug-likeness (QED) is 0.386. The zero-order valence-electron chi connectivity index (χ0n) is 24.2. The molecule has 232 valence electrons. The van der Waals surface area contributed by atoms with Crippen molar-refractivity contribution in [2.75, 3.05) is 43.4 Å². The average Bonchev–Trinajstić information content (AvgIpc) is 3.33. The van der Waals surface area contributed by atoms with E-state index >= 15 is 0 Å². The van der Waals surface area contributed by atoms with Crippen LogP contribution >= 0.6 is 11.3 Å². The third kappa shape index (κ3) is 4.39. The number of hydrogen-bond acceptors (Lipinski definition) is 11. The largest absolute Gasteiger partial charge is 0.588 e. The summed E-state index contributed by atoms with van der Waals surface area (Å²) in [7, 11) is 0. The molecule has 0 radical (unpaired) electrons. The molecule has 5 fully saturated rings. The first-order valence-corrected chi connectivity index (χ1v) is 17.5. The normalized spacial score (nSPS) is 31.5. The van der Waals surface area contributed by atoms with Crippen LogP contribution in [-0.4, -0.2) is 91.3 Å². The molecular formula is C30H34F2N8O2S2. The molecular weight excluding hydrogens is 607 g/mol. The van der Waals surface area contributed by atoms with Gasteiger partial charge in [-0.15, -0.1) is 0 Å². The Bertz CT molecular complexity index is 1670. The maximum atomic E-state index is 14.8. The van der Waals surface area contributed by atoms with Crippen LogP contribution in [0.2, 0.25) is 0 Å². The smallest absolute Gasteiger partial charge is 0.319 e. The maximum absolute atomic E-state index is 14.8. The van der Waals surface area contributed by atoms with Crippen molar-refractivity contribution in [3.05, 3.63) is 29.2 Å². The second-order valence-corrected chi connectivity index (χ2v) is 15.4. The number of nitrogen functional groups attached to an aromatic ring is 1. The average molecular weight is 641 g/mol. The van der Waals surface area contributed by atoms with Gasteiger partial charge >= 0.3 is 6.01 Å². The Labute approximate surface area is 261 Å². The first-order chi connectivity index (χ1) is 21.3. The first kappa shape index (κ1) is 27.5. The summed E-state index contributed by atoms with van der Waals surface area (Å²) in [6.07, 6.45) is 7.44. The number of nitrogens with zero attached hydrogens (tertiary/aromatic N) is 6. The summed E-state index contributed by atoms with van der Waals surface area (Å²) in [5.41, 5.74) is 8.01. The fraction of sp³-hybridized carbons (Fsp3) is 0.567. The lowest BCUT2D eigenvalue weighted by molar-refractivity contribution is 0.107. The van der Waals surface area contributed by atoms with Crippen molar-refractivity contribution in [2.45, 2.75) is 79.7 Å². The van der Waals surface area contributed by atoms with Crippen LogP contribution in [0.25, 0.3) is 22.0 Å². The van der Waals surface area contributed by atoms with Gasteiger partial charge in [-0.1, -0.05) is 11.3 Å². The van der Waals surface area contributed by atoms with Crippen molar-refractivity contribution in [3.8, 4) is 6.01 Å². The predicted molar refractivity (Wildman–Crippen MR) is 166 cm³/mol. The third-order valence-corrected chi connectivity index (χ3v) is 12.6. The number of fused-ring (bicyclic) bond motifs is 5. The van der Waals surface area contributed by atoms with Crippen LogP contribution < -0.4 is 20.7 Å². The summed E-state index contributed by atoms with van der Waals surface area (Å²) in [4.78, 5) is 19.3. The number of nitrogens with two attached hydrogens (primary N) is 1. The van der Waals surface area contributed by atoms with Crippen molar-refractivity contribution < 1.29 is 18.1 Å².